The van der Waals surface area contributed by atoms with E-state index < -0.39 is 11.4 Å². The van der Waals surface area contributed by atoms with Crippen molar-refractivity contribution in [1.29, 1.82) is 0 Å². The zero-order valence-corrected chi connectivity index (χ0v) is 14.6. The Kier molecular flexibility index (Phi) is 6.37. The molecule has 5 heteroatoms. The first-order valence-corrected chi connectivity index (χ1v) is 8.75. The van der Waals surface area contributed by atoms with Crippen LogP contribution in [0.1, 0.15) is 44.6 Å². The highest BCUT2D eigenvalue weighted by Crippen LogP contribution is 2.35. The molecule has 0 radical (unpaired) electrons. The molecule has 1 amide bonds. The van der Waals surface area contributed by atoms with E-state index in [1.54, 1.807) is 0 Å². The first-order valence-electron chi connectivity index (χ1n) is 8.75. The Morgan fingerprint density at radius 2 is 1.88 bits per heavy atom. The average molecular weight is 332 g/mol. The van der Waals surface area contributed by atoms with Crippen LogP contribution >= 0.6 is 0 Å². The second kappa shape index (κ2) is 8.29. The number of benzene rings is 1. The van der Waals surface area contributed by atoms with Crippen molar-refractivity contribution in [3.8, 4) is 0 Å². The van der Waals surface area contributed by atoms with Crippen molar-refractivity contribution in [1.82, 2.24) is 10.2 Å². The number of nitrogens with one attached hydrogen (secondary N) is 1. The van der Waals surface area contributed by atoms with Gasteiger partial charge in [0.1, 0.15) is 0 Å². The van der Waals surface area contributed by atoms with Crippen LogP contribution in [-0.2, 0) is 15.0 Å². The number of hydrogen-bond acceptors (Lipinski definition) is 3. The summed E-state index contributed by atoms with van der Waals surface area (Å²) in [6.07, 6.45) is 3.02. The number of rotatable bonds is 7. The van der Waals surface area contributed by atoms with Gasteiger partial charge in [-0.3, -0.25) is 9.59 Å². The number of likely N-dealkylation sites (tertiary alicyclic amines) is 1. The van der Waals surface area contributed by atoms with Crippen molar-refractivity contribution in [3.63, 3.8) is 0 Å². The lowest BCUT2D eigenvalue weighted by atomic mass is 9.72. The molecule has 5 nitrogen and oxygen atoms in total. The van der Waals surface area contributed by atoms with Gasteiger partial charge in [-0.2, -0.15) is 0 Å². The van der Waals surface area contributed by atoms with Crippen LogP contribution in [0, 0.1) is 0 Å². The highest BCUT2D eigenvalue weighted by Gasteiger charge is 2.42. The zero-order chi connectivity index (χ0) is 17.6. The molecule has 1 atom stereocenters. The van der Waals surface area contributed by atoms with Gasteiger partial charge in [0.2, 0.25) is 5.91 Å². The van der Waals surface area contributed by atoms with Crippen LogP contribution in [0.15, 0.2) is 30.3 Å². The van der Waals surface area contributed by atoms with Crippen molar-refractivity contribution < 1.29 is 14.7 Å². The highest BCUT2D eigenvalue weighted by molar-refractivity contribution is 5.89. The van der Waals surface area contributed by atoms with Crippen molar-refractivity contribution in [3.05, 3.63) is 35.9 Å². The zero-order valence-electron chi connectivity index (χ0n) is 14.6. The van der Waals surface area contributed by atoms with Crippen LogP contribution in [0.4, 0.5) is 0 Å². The smallest absolute Gasteiger partial charge is 0.305 e. The highest BCUT2D eigenvalue weighted by atomic mass is 16.4. The second-order valence-electron chi connectivity index (χ2n) is 6.81. The van der Waals surface area contributed by atoms with Crippen LogP contribution in [0.5, 0.6) is 0 Å². The molecule has 1 saturated heterocycles. The van der Waals surface area contributed by atoms with Gasteiger partial charge in [-0.05, 0) is 45.0 Å². The summed E-state index contributed by atoms with van der Waals surface area (Å²) in [5.41, 5.74) is 0.472. The van der Waals surface area contributed by atoms with E-state index in [4.69, 9.17) is 5.11 Å². The molecule has 0 aromatic heterocycles. The van der Waals surface area contributed by atoms with Gasteiger partial charge in [0.05, 0.1) is 11.8 Å². The molecule has 1 aliphatic rings. The van der Waals surface area contributed by atoms with E-state index in [2.05, 4.69) is 17.3 Å². The maximum absolute atomic E-state index is 13.2. The first kappa shape index (κ1) is 18.5. The van der Waals surface area contributed by atoms with E-state index in [1.165, 1.54) is 0 Å². The van der Waals surface area contributed by atoms with Crippen molar-refractivity contribution >= 4 is 11.9 Å². The summed E-state index contributed by atoms with van der Waals surface area (Å²) in [5, 5.41) is 12.1. The number of carboxylic acid groups (broad SMARTS) is 1. The molecule has 1 heterocycles. The van der Waals surface area contributed by atoms with E-state index in [0.717, 1.165) is 37.9 Å². The summed E-state index contributed by atoms with van der Waals surface area (Å²) in [7, 11) is 2.07. The van der Waals surface area contributed by atoms with E-state index in [9.17, 15) is 9.59 Å². The van der Waals surface area contributed by atoms with E-state index in [-0.39, 0.29) is 18.4 Å². The van der Waals surface area contributed by atoms with E-state index >= 15 is 0 Å². The van der Waals surface area contributed by atoms with Gasteiger partial charge in [-0.25, -0.2) is 0 Å². The third-order valence-electron chi connectivity index (χ3n) is 4.99. The lowest BCUT2D eigenvalue weighted by molar-refractivity contribution is -0.138. The number of aliphatic carboxylic acids is 1. The summed E-state index contributed by atoms with van der Waals surface area (Å²) in [4.78, 5) is 26.5. The summed E-state index contributed by atoms with van der Waals surface area (Å²) >= 11 is 0. The Hall–Kier alpha value is -1.88. The monoisotopic (exact) mass is 332 g/mol. The SMILES string of the molecule is CCCC(CC(=O)O)NC(=O)C1(c2ccccc2)CCN(C)CC1. The standard InChI is InChI=1S/C19H28N2O3/c1-3-7-16(14-17(22)23)20-18(24)19(10-12-21(2)13-11-19)15-8-5-4-6-9-15/h4-6,8-9,16H,3,7,10-14H2,1-2H3,(H,20,24)(H,22,23). The Morgan fingerprint density at radius 3 is 2.42 bits per heavy atom. The number of carboxylic acids is 1. The van der Waals surface area contributed by atoms with Crippen molar-refractivity contribution in [2.75, 3.05) is 20.1 Å². The largest absolute Gasteiger partial charge is 0.481 e. The van der Waals surface area contributed by atoms with Gasteiger partial charge < -0.3 is 15.3 Å². The van der Waals surface area contributed by atoms with Gasteiger partial charge in [0.25, 0.3) is 0 Å². The lowest BCUT2D eigenvalue weighted by Gasteiger charge is -2.40. The van der Waals surface area contributed by atoms with Gasteiger partial charge in [-0.15, -0.1) is 0 Å². The maximum Gasteiger partial charge on any atom is 0.305 e. The third kappa shape index (κ3) is 4.35. The molecule has 0 saturated carbocycles. The van der Waals surface area contributed by atoms with Crippen LogP contribution in [0.3, 0.4) is 0 Å². The fourth-order valence-electron chi connectivity index (χ4n) is 3.51. The Morgan fingerprint density at radius 1 is 1.25 bits per heavy atom. The molecule has 1 aromatic rings. The minimum absolute atomic E-state index is 0.0235. The summed E-state index contributed by atoms with van der Waals surface area (Å²) < 4.78 is 0. The van der Waals surface area contributed by atoms with Crippen LogP contribution in [0.25, 0.3) is 0 Å². The quantitative estimate of drug-likeness (QED) is 0.804. The number of carbonyl (C=O) groups excluding carboxylic acids is 1. The fourth-order valence-corrected chi connectivity index (χ4v) is 3.51. The van der Waals surface area contributed by atoms with Crippen molar-refractivity contribution in [2.24, 2.45) is 0 Å². The molecule has 1 fully saturated rings. The second-order valence-corrected chi connectivity index (χ2v) is 6.81. The Bertz CT molecular complexity index is 551. The molecule has 0 aliphatic carbocycles. The third-order valence-corrected chi connectivity index (χ3v) is 4.99. The van der Waals surface area contributed by atoms with Gasteiger partial charge in [0.15, 0.2) is 0 Å². The Labute approximate surface area is 144 Å². The minimum Gasteiger partial charge on any atom is -0.481 e. The average Bonchev–Trinajstić information content (AvgIpc) is 2.56. The molecule has 132 valence electrons. The molecule has 2 rings (SSSR count). The predicted octanol–water partition coefficient (Wildman–Crippen LogP) is 2.41. The van der Waals surface area contributed by atoms with Gasteiger partial charge in [0, 0.05) is 6.04 Å². The first-order chi connectivity index (χ1) is 11.5. The van der Waals surface area contributed by atoms with Crippen LogP contribution < -0.4 is 5.32 Å². The van der Waals surface area contributed by atoms with Gasteiger partial charge in [-0.1, -0.05) is 43.7 Å². The summed E-state index contributed by atoms with van der Waals surface area (Å²) in [6, 6.07) is 9.59. The molecule has 2 N–H and O–H groups in total. The number of carbonyl (C=O) groups is 2. The number of hydrogen-bond donors (Lipinski definition) is 2. The van der Waals surface area contributed by atoms with Gasteiger partial charge >= 0.3 is 5.97 Å². The Balaban J connectivity index is 2.23. The molecule has 0 spiro atoms. The fraction of sp³-hybridized carbons (Fsp3) is 0.579. The number of piperidine rings is 1. The molecular weight excluding hydrogens is 304 g/mol. The molecule has 1 unspecified atom stereocenters. The van der Waals surface area contributed by atoms with Crippen LogP contribution in [-0.4, -0.2) is 48.1 Å². The molecule has 0 bridgehead atoms. The molecule has 1 aliphatic heterocycles. The number of nitrogens with zero attached hydrogens (tertiary/aromatic N) is 1. The van der Waals surface area contributed by atoms with E-state index in [0.29, 0.717) is 6.42 Å². The predicted molar refractivity (Wildman–Crippen MR) is 93.9 cm³/mol. The topological polar surface area (TPSA) is 69.6 Å². The van der Waals surface area contributed by atoms with Crippen LogP contribution in [0.2, 0.25) is 0 Å². The molecule has 24 heavy (non-hydrogen) atoms. The summed E-state index contributed by atoms with van der Waals surface area (Å²) in [6.45, 7) is 3.73. The maximum atomic E-state index is 13.2. The van der Waals surface area contributed by atoms with E-state index in [1.807, 2.05) is 37.3 Å². The minimum atomic E-state index is -0.870. The number of amides is 1. The summed E-state index contributed by atoms with van der Waals surface area (Å²) in [5.74, 6) is -0.896. The molecular formula is C19H28N2O3. The lowest BCUT2D eigenvalue weighted by Crippen LogP contribution is -2.53. The van der Waals surface area contributed by atoms with Crippen molar-refractivity contribution in [2.45, 2.75) is 50.5 Å². The normalized spacial score (nSPS) is 18.8. The molecule has 1 aromatic carbocycles.